The minimum Gasteiger partial charge on any atom is -0.312 e. The smallest absolute Gasteiger partial charge is 0.250 e. The number of rotatable bonds is 11. The molecule has 20 heavy (non-hydrogen) atoms. The Labute approximate surface area is 127 Å². The van der Waals surface area contributed by atoms with Crippen molar-refractivity contribution in [3.8, 4) is 0 Å². The van der Waals surface area contributed by atoms with Crippen molar-refractivity contribution in [2.45, 2.75) is 56.7 Å². The van der Waals surface area contributed by atoms with Gasteiger partial charge in [-0.15, -0.1) is 11.3 Å². The van der Waals surface area contributed by atoms with Crippen molar-refractivity contribution in [1.82, 2.24) is 10.0 Å². The van der Waals surface area contributed by atoms with Crippen LogP contribution in [0.3, 0.4) is 0 Å². The van der Waals surface area contributed by atoms with Gasteiger partial charge >= 0.3 is 0 Å². The second-order valence-corrected chi connectivity index (χ2v) is 8.02. The Kier molecular flexibility index (Phi) is 8.37. The third-order valence-corrected chi connectivity index (χ3v) is 5.99. The highest BCUT2D eigenvalue weighted by molar-refractivity contribution is 7.91. The van der Waals surface area contributed by atoms with Crippen LogP contribution in [0.1, 0.15) is 50.8 Å². The summed E-state index contributed by atoms with van der Waals surface area (Å²) in [5.41, 5.74) is 0. The molecule has 0 fully saturated rings. The molecule has 116 valence electrons. The van der Waals surface area contributed by atoms with Crippen LogP contribution in [-0.4, -0.2) is 21.5 Å². The van der Waals surface area contributed by atoms with Crippen LogP contribution >= 0.6 is 11.3 Å². The normalized spacial score (nSPS) is 11.9. The van der Waals surface area contributed by atoms with E-state index in [9.17, 15) is 8.42 Å². The lowest BCUT2D eigenvalue weighted by molar-refractivity contribution is 0.575. The van der Waals surface area contributed by atoms with Crippen LogP contribution < -0.4 is 10.0 Å². The van der Waals surface area contributed by atoms with E-state index in [1.807, 2.05) is 6.07 Å². The van der Waals surface area contributed by atoms with Crippen LogP contribution in [-0.2, 0) is 16.6 Å². The topological polar surface area (TPSA) is 58.2 Å². The van der Waals surface area contributed by atoms with E-state index in [0.29, 0.717) is 10.8 Å². The highest BCUT2D eigenvalue weighted by Gasteiger charge is 2.15. The summed E-state index contributed by atoms with van der Waals surface area (Å²) in [4.78, 5) is 1.06. The average molecular weight is 319 g/mol. The molecular weight excluding hydrogens is 292 g/mol. The van der Waals surface area contributed by atoms with Crippen molar-refractivity contribution in [2.75, 3.05) is 13.1 Å². The van der Waals surface area contributed by atoms with Gasteiger partial charge in [-0.1, -0.05) is 33.1 Å². The van der Waals surface area contributed by atoms with Crippen molar-refractivity contribution in [2.24, 2.45) is 0 Å². The molecule has 1 rings (SSSR count). The lowest BCUT2D eigenvalue weighted by Crippen LogP contribution is -2.23. The summed E-state index contributed by atoms with van der Waals surface area (Å²) < 4.78 is 27.3. The van der Waals surface area contributed by atoms with Crippen LogP contribution in [0, 0.1) is 0 Å². The van der Waals surface area contributed by atoms with E-state index in [4.69, 9.17) is 0 Å². The number of hydrogen-bond acceptors (Lipinski definition) is 4. The fraction of sp³-hybridized carbons (Fsp3) is 0.714. The van der Waals surface area contributed by atoms with Gasteiger partial charge in [0.05, 0.1) is 0 Å². The standard InChI is InChI=1S/C14H26N2O2S2/c1-3-5-6-7-11-16-20(17,18)14-9-8-13(19-14)12-15-10-4-2/h8-9,15-16H,3-7,10-12H2,1-2H3. The molecule has 0 radical (unpaired) electrons. The molecule has 0 bridgehead atoms. The van der Waals surface area contributed by atoms with E-state index < -0.39 is 10.0 Å². The van der Waals surface area contributed by atoms with Crippen molar-refractivity contribution in [3.63, 3.8) is 0 Å². The monoisotopic (exact) mass is 318 g/mol. The quantitative estimate of drug-likeness (QED) is 0.616. The van der Waals surface area contributed by atoms with Gasteiger partial charge in [-0.3, -0.25) is 0 Å². The van der Waals surface area contributed by atoms with Crippen LogP contribution in [0.4, 0.5) is 0 Å². The lowest BCUT2D eigenvalue weighted by Gasteiger charge is -2.04. The van der Waals surface area contributed by atoms with Gasteiger partial charge in [0.1, 0.15) is 4.21 Å². The Balaban J connectivity index is 2.42. The molecule has 0 amide bonds. The van der Waals surface area contributed by atoms with Gasteiger partial charge in [0.15, 0.2) is 0 Å². The molecule has 1 aromatic rings. The molecule has 0 spiro atoms. The Hall–Kier alpha value is -0.430. The number of thiophene rings is 1. The predicted molar refractivity (Wildman–Crippen MR) is 85.6 cm³/mol. The van der Waals surface area contributed by atoms with E-state index in [-0.39, 0.29) is 0 Å². The van der Waals surface area contributed by atoms with Crippen LogP contribution in [0.2, 0.25) is 0 Å². The molecule has 0 unspecified atom stereocenters. The maximum Gasteiger partial charge on any atom is 0.250 e. The van der Waals surface area contributed by atoms with Crippen LogP contribution in [0.5, 0.6) is 0 Å². The minimum absolute atomic E-state index is 0.418. The van der Waals surface area contributed by atoms with E-state index >= 15 is 0 Å². The van der Waals surface area contributed by atoms with Crippen molar-refractivity contribution < 1.29 is 8.42 Å². The van der Waals surface area contributed by atoms with Crippen molar-refractivity contribution in [1.29, 1.82) is 0 Å². The fourth-order valence-electron chi connectivity index (χ4n) is 1.82. The number of nitrogens with one attached hydrogen (secondary N) is 2. The summed E-state index contributed by atoms with van der Waals surface area (Å²) in [5, 5.41) is 3.28. The van der Waals surface area contributed by atoms with Gasteiger partial charge in [-0.05, 0) is 31.5 Å². The van der Waals surface area contributed by atoms with E-state index in [1.165, 1.54) is 11.3 Å². The minimum atomic E-state index is -3.32. The first-order valence-corrected chi connectivity index (χ1v) is 9.69. The largest absolute Gasteiger partial charge is 0.312 e. The van der Waals surface area contributed by atoms with Crippen molar-refractivity contribution >= 4 is 21.4 Å². The molecule has 0 saturated heterocycles. The Bertz CT molecular complexity index is 469. The summed E-state index contributed by atoms with van der Waals surface area (Å²) >= 11 is 1.35. The van der Waals surface area contributed by atoms with E-state index in [2.05, 4.69) is 23.9 Å². The Morgan fingerprint density at radius 2 is 1.85 bits per heavy atom. The molecule has 6 heteroatoms. The van der Waals surface area contributed by atoms with Crippen molar-refractivity contribution in [3.05, 3.63) is 17.0 Å². The molecule has 0 aliphatic heterocycles. The summed E-state index contributed by atoms with van der Waals surface area (Å²) in [5.74, 6) is 0. The predicted octanol–water partition coefficient (Wildman–Crippen LogP) is 3.11. The second kappa shape index (κ2) is 9.50. The molecule has 2 N–H and O–H groups in total. The highest BCUT2D eigenvalue weighted by atomic mass is 32.2. The first kappa shape index (κ1) is 17.6. The molecule has 1 heterocycles. The number of hydrogen-bond donors (Lipinski definition) is 2. The van der Waals surface area contributed by atoms with Crippen LogP contribution in [0.15, 0.2) is 16.3 Å². The van der Waals surface area contributed by atoms with E-state index in [1.54, 1.807) is 6.07 Å². The second-order valence-electron chi connectivity index (χ2n) is 4.86. The Morgan fingerprint density at radius 3 is 2.55 bits per heavy atom. The third kappa shape index (κ3) is 6.35. The van der Waals surface area contributed by atoms with Gasteiger partial charge < -0.3 is 5.32 Å². The molecule has 0 aliphatic carbocycles. The van der Waals surface area contributed by atoms with Gasteiger partial charge in [0.25, 0.3) is 0 Å². The zero-order chi connectivity index (χ0) is 14.8. The molecule has 4 nitrogen and oxygen atoms in total. The number of unbranched alkanes of at least 4 members (excludes halogenated alkanes) is 3. The average Bonchev–Trinajstić information content (AvgIpc) is 2.88. The summed E-state index contributed by atoms with van der Waals surface area (Å²) in [6, 6.07) is 3.58. The van der Waals surface area contributed by atoms with Crippen LogP contribution in [0.25, 0.3) is 0 Å². The first-order valence-electron chi connectivity index (χ1n) is 7.39. The molecule has 1 aromatic heterocycles. The SMILES string of the molecule is CCCCCCNS(=O)(=O)c1ccc(CNCCC)s1. The maximum atomic E-state index is 12.1. The zero-order valence-electron chi connectivity index (χ0n) is 12.4. The Morgan fingerprint density at radius 1 is 1.05 bits per heavy atom. The maximum absolute atomic E-state index is 12.1. The van der Waals surface area contributed by atoms with Gasteiger partial charge in [-0.2, -0.15) is 0 Å². The van der Waals surface area contributed by atoms with Gasteiger partial charge in [-0.25, -0.2) is 13.1 Å². The summed E-state index contributed by atoms with van der Waals surface area (Å²) in [6.45, 7) is 6.48. The van der Waals surface area contributed by atoms with Gasteiger partial charge in [0, 0.05) is 18.0 Å². The summed E-state index contributed by atoms with van der Waals surface area (Å²) in [6.07, 6.45) is 5.38. The summed E-state index contributed by atoms with van der Waals surface area (Å²) in [7, 11) is -3.32. The highest BCUT2D eigenvalue weighted by Crippen LogP contribution is 2.21. The first-order chi connectivity index (χ1) is 9.60. The van der Waals surface area contributed by atoms with E-state index in [0.717, 1.165) is 50.1 Å². The third-order valence-electron chi connectivity index (χ3n) is 2.95. The molecule has 0 aromatic carbocycles. The zero-order valence-corrected chi connectivity index (χ0v) is 14.1. The molecule has 0 atom stereocenters. The number of sulfonamides is 1. The van der Waals surface area contributed by atoms with Gasteiger partial charge in [0.2, 0.25) is 10.0 Å². The lowest BCUT2D eigenvalue weighted by atomic mass is 10.2. The molecular formula is C14H26N2O2S2. The fourth-order valence-corrected chi connectivity index (χ4v) is 4.26. The molecule has 0 aliphatic rings. The molecule has 0 saturated carbocycles.